The molecule has 3 aromatic rings. The van der Waals surface area contributed by atoms with E-state index in [9.17, 15) is 85.6 Å². The fourth-order valence-corrected chi connectivity index (χ4v) is 9.71. The van der Waals surface area contributed by atoms with E-state index in [-0.39, 0.29) is 85.1 Å². The number of aldehydes is 2. The van der Waals surface area contributed by atoms with Crippen LogP contribution in [0.3, 0.4) is 0 Å². The van der Waals surface area contributed by atoms with Gasteiger partial charge in [0.1, 0.15) is 67.2 Å². The van der Waals surface area contributed by atoms with Crippen LogP contribution in [0.25, 0.3) is 21.9 Å². The summed E-state index contributed by atoms with van der Waals surface area (Å²) in [6, 6.07) is 9.11. The highest BCUT2D eigenvalue weighted by Gasteiger charge is 2.47. The van der Waals surface area contributed by atoms with Gasteiger partial charge in [-0.3, -0.25) is 0 Å². The highest BCUT2D eigenvalue weighted by molar-refractivity contribution is 6.15. The third kappa shape index (κ3) is 11.5. The minimum Gasteiger partial charge on any atom is -0.508 e. The van der Waals surface area contributed by atoms with Gasteiger partial charge in [-0.05, 0) is 109 Å². The third-order valence-electron chi connectivity index (χ3n) is 14.4. The molecule has 23 heteroatoms. The van der Waals surface area contributed by atoms with E-state index in [1.54, 1.807) is 0 Å². The number of hydrogen-bond donors (Lipinski definition) is 13. The number of benzene rings is 3. The van der Waals surface area contributed by atoms with Crippen molar-refractivity contribution in [3.05, 3.63) is 78.3 Å². The summed E-state index contributed by atoms with van der Waals surface area (Å²) in [7, 11) is 0. The van der Waals surface area contributed by atoms with Gasteiger partial charge in [-0.1, -0.05) is 12.1 Å². The first-order valence-electron chi connectivity index (χ1n) is 23.5. The van der Waals surface area contributed by atoms with Crippen molar-refractivity contribution in [1.29, 1.82) is 0 Å². The Bertz CT molecular complexity index is 2510. The molecule has 2 aliphatic carbocycles. The van der Waals surface area contributed by atoms with Crippen molar-refractivity contribution < 1.29 is 114 Å². The van der Waals surface area contributed by atoms with Crippen molar-refractivity contribution in [1.82, 2.24) is 0 Å². The van der Waals surface area contributed by atoms with Crippen LogP contribution in [-0.4, -0.2) is 191 Å². The number of aromatic hydroxyl groups is 3. The van der Waals surface area contributed by atoms with Gasteiger partial charge in [-0.2, -0.15) is 0 Å². The van der Waals surface area contributed by atoms with E-state index in [0.717, 1.165) is 24.7 Å². The zero-order valence-electron chi connectivity index (χ0n) is 39.1. The molecule has 7 rings (SSSR count). The van der Waals surface area contributed by atoms with Gasteiger partial charge in [0, 0.05) is 5.56 Å². The normalized spacial score (nSPS) is 34.9. The van der Waals surface area contributed by atoms with Crippen LogP contribution < -0.4 is 0 Å². The van der Waals surface area contributed by atoms with Crippen LogP contribution in [0.2, 0.25) is 0 Å². The summed E-state index contributed by atoms with van der Waals surface area (Å²) in [5.74, 6) is -4.50. The Labute approximate surface area is 416 Å². The second-order valence-electron chi connectivity index (χ2n) is 19.0. The number of esters is 2. The Balaban J connectivity index is 1.07. The molecule has 0 aromatic heterocycles. The lowest BCUT2D eigenvalue weighted by Gasteiger charge is -2.40. The molecule has 2 heterocycles. The number of carbonyl (C=O) groups excluding carboxylic acids is 4. The van der Waals surface area contributed by atoms with Gasteiger partial charge in [0.25, 0.3) is 0 Å². The van der Waals surface area contributed by atoms with E-state index in [1.807, 2.05) is 0 Å². The van der Waals surface area contributed by atoms with Crippen molar-refractivity contribution in [3.8, 4) is 28.4 Å². The molecule has 13 N–H and O–H groups in total. The number of phenols is 3. The maximum absolute atomic E-state index is 14.5. The number of ether oxygens (including phenoxy) is 6. The molecule has 73 heavy (non-hydrogen) atoms. The summed E-state index contributed by atoms with van der Waals surface area (Å²) in [5, 5.41) is 134. The van der Waals surface area contributed by atoms with Gasteiger partial charge in [0.15, 0.2) is 11.5 Å². The van der Waals surface area contributed by atoms with E-state index >= 15 is 0 Å². The number of aliphatic hydroxyl groups excluding tert-OH is 10. The first-order chi connectivity index (χ1) is 34.8. The minimum absolute atomic E-state index is 0.00425. The Kier molecular flexibility index (Phi) is 17.4. The number of fused-ring (bicyclic) bond motifs is 1. The van der Waals surface area contributed by atoms with Gasteiger partial charge < -0.3 is 104 Å². The largest absolute Gasteiger partial charge is 0.508 e. The first-order valence-corrected chi connectivity index (χ1v) is 23.5. The molecule has 16 atom stereocenters. The average molecular weight is 1030 g/mol. The SMILES string of the molecule is O=C[C@]1(/C=C\O[C@@H]2O[C@H](CO)[C@@H](O)[C@H](O)[C@H]2O)CC[C@H](COC(=O)c2cc3ccc(O)cc3c(-c3ccc(O)c(O)c3)c2C(=O)OC[C@H]2CC[C@](C=O)(/C=C\O[C@@H]3O[C@H](CO)[C@@H](O)[C@H](O)[C@H]3O)[C@@H](O)C2)C[C@@H]1O. The average Bonchev–Trinajstić information content (AvgIpc) is 3.38. The van der Waals surface area contributed by atoms with Crippen LogP contribution >= 0.6 is 0 Å². The zero-order chi connectivity index (χ0) is 52.9. The van der Waals surface area contributed by atoms with Gasteiger partial charge in [-0.25, -0.2) is 9.59 Å². The zero-order valence-corrected chi connectivity index (χ0v) is 39.1. The molecule has 0 spiro atoms. The molecule has 0 bridgehead atoms. The minimum atomic E-state index is -1.73. The van der Waals surface area contributed by atoms with Gasteiger partial charge in [-0.15, -0.1) is 0 Å². The van der Waals surface area contributed by atoms with Crippen molar-refractivity contribution in [2.75, 3.05) is 26.4 Å². The van der Waals surface area contributed by atoms with Crippen LogP contribution in [0.15, 0.2) is 67.1 Å². The van der Waals surface area contributed by atoms with E-state index in [2.05, 4.69) is 0 Å². The van der Waals surface area contributed by atoms with Gasteiger partial charge in [0.2, 0.25) is 12.6 Å². The molecular formula is C50H60O23. The van der Waals surface area contributed by atoms with Gasteiger partial charge >= 0.3 is 11.9 Å². The topological polar surface area (TPSA) is 387 Å². The summed E-state index contributed by atoms with van der Waals surface area (Å²) in [6.45, 7) is -2.05. The van der Waals surface area contributed by atoms with Crippen molar-refractivity contribution in [3.63, 3.8) is 0 Å². The molecule has 23 nitrogen and oxygen atoms in total. The van der Waals surface area contributed by atoms with Crippen LogP contribution in [0.5, 0.6) is 17.2 Å². The quantitative estimate of drug-likeness (QED) is 0.0344. The van der Waals surface area contributed by atoms with Gasteiger partial charge in [0.05, 0.1) is 73.1 Å². The fourth-order valence-electron chi connectivity index (χ4n) is 9.71. The lowest BCUT2D eigenvalue weighted by Crippen LogP contribution is -2.58. The Hall–Kier alpha value is -5.80. The van der Waals surface area contributed by atoms with Crippen molar-refractivity contribution >= 4 is 35.3 Å². The molecule has 0 unspecified atom stereocenters. The molecular weight excluding hydrogens is 969 g/mol. The molecule has 4 fully saturated rings. The number of aliphatic hydroxyl groups is 10. The standard InChI is InChI=1S/C50H60O23/c51-18-33-39(60)41(62)43(64)47(72-33)68-11-9-49(22-53)7-5-24(13-35(49)58)20-70-45(66)30-15-26-1-3-28(55)17-29(26)37(27-2-4-31(56)32(57)16-27)38(30)46(67)71-21-25-6-8-50(23-54,36(59)14-25)10-12-69-48-44(65)42(63)40(61)34(19-52)73-48/h1-4,9-12,15-17,22-25,33-36,39-44,47-48,51-52,55-65H,5-8,13-14,18-21H2/b11-9-,12-10-/t24-,25-,33+,34+,35-,36-,39+,40+,41-,42-,43+,44+,47+,48+,49+,50+/m0/s1. The van der Waals surface area contributed by atoms with Crippen LogP contribution in [0.1, 0.15) is 59.2 Å². The van der Waals surface area contributed by atoms with Crippen LogP contribution in [0.4, 0.5) is 0 Å². The third-order valence-corrected chi connectivity index (χ3v) is 14.4. The predicted molar refractivity (Wildman–Crippen MR) is 247 cm³/mol. The molecule has 2 saturated carbocycles. The van der Waals surface area contributed by atoms with E-state index in [1.165, 1.54) is 42.5 Å². The summed E-state index contributed by atoms with van der Waals surface area (Å²) in [5.41, 5.74) is -3.61. The fraction of sp³-hybridized carbons (Fsp3) is 0.520. The number of hydrogen-bond acceptors (Lipinski definition) is 23. The summed E-state index contributed by atoms with van der Waals surface area (Å²) >= 11 is 0. The smallest absolute Gasteiger partial charge is 0.339 e. The van der Waals surface area contributed by atoms with E-state index in [0.29, 0.717) is 18.0 Å². The second kappa shape index (κ2) is 23.2. The summed E-state index contributed by atoms with van der Waals surface area (Å²) < 4.78 is 33.1. The van der Waals surface area contributed by atoms with Crippen molar-refractivity contribution in [2.45, 2.75) is 112 Å². The van der Waals surface area contributed by atoms with Crippen molar-refractivity contribution in [2.24, 2.45) is 22.7 Å². The Morgan fingerprint density at radius 2 is 1.12 bits per heavy atom. The Morgan fingerprint density at radius 3 is 1.59 bits per heavy atom. The Morgan fingerprint density at radius 1 is 0.616 bits per heavy atom. The highest BCUT2D eigenvalue weighted by Crippen LogP contribution is 2.43. The van der Waals surface area contributed by atoms with Crippen LogP contribution in [0, 0.1) is 22.7 Å². The first kappa shape index (κ1) is 55.0. The lowest BCUT2D eigenvalue weighted by atomic mass is 9.69. The van der Waals surface area contributed by atoms with E-state index < -0.39 is 133 Å². The molecule has 2 aliphatic heterocycles. The summed E-state index contributed by atoms with van der Waals surface area (Å²) in [4.78, 5) is 53.7. The molecule has 0 amide bonds. The molecule has 398 valence electrons. The van der Waals surface area contributed by atoms with E-state index in [4.69, 9.17) is 28.4 Å². The highest BCUT2D eigenvalue weighted by atomic mass is 16.7. The van der Waals surface area contributed by atoms with Crippen LogP contribution in [-0.2, 0) is 38.0 Å². The lowest BCUT2D eigenvalue weighted by molar-refractivity contribution is -0.288. The maximum Gasteiger partial charge on any atom is 0.339 e. The second-order valence-corrected chi connectivity index (χ2v) is 19.0. The maximum atomic E-state index is 14.5. The molecule has 0 radical (unpaired) electrons. The molecule has 3 aromatic carbocycles. The number of phenolic OH excluding ortho intramolecular Hbond substituents is 3. The molecule has 4 aliphatic rings. The predicted octanol–water partition coefficient (Wildman–Crippen LogP) is -0.710. The molecule has 2 saturated heterocycles. The summed E-state index contributed by atoms with van der Waals surface area (Å²) in [6.07, 6.45) is -12.6. The monoisotopic (exact) mass is 1030 g/mol. The number of carbonyl (C=O) groups is 4. The number of rotatable bonds is 17.